The van der Waals surface area contributed by atoms with E-state index >= 15 is 0 Å². The van der Waals surface area contributed by atoms with Crippen molar-refractivity contribution < 1.29 is 14.4 Å². The smallest absolute Gasteiger partial charge is 0.242 e. The van der Waals surface area contributed by atoms with Crippen molar-refractivity contribution in [3.8, 4) is 0 Å². The van der Waals surface area contributed by atoms with Gasteiger partial charge in [0.15, 0.2) is 0 Å². The number of ketones is 1. The number of rotatable bonds is 13. The lowest BCUT2D eigenvalue weighted by Crippen LogP contribution is -2.48. The van der Waals surface area contributed by atoms with Crippen LogP contribution in [-0.2, 0) is 20.9 Å². The number of fused-ring (bicyclic) bond motifs is 1. The summed E-state index contributed by atoms with van der Waals surface area (Å²) in [6.07, 6.45) is 5.89. The van der Waals surface area contributed by atoms with Crippen LogP contribution in [0.3, 0.4) is 0 Å². The van der Waals surface area contributed by atoms with E-state index in [1.807, 2.05) is 51.4 Å². The van der Waals surface area contributed by atoms with Crippen LogP contribution >= 0.6 is 0 Å². The number of unbranched alkanes of at least 4 members (excludes halogenated alkanes) is 2. The van der Waals surface area contributed by atoms with Crippen LogP contribution in [0.2, 0.25) is 0 Å². The second-order valence-corrected chi connectivity index (χ2v) is 8.10. The number of Topliss-reactive ketones (excluding diaryl/α,β-unsaturated/α-hetero) is 1. The van der Waals surface area contributed by atoms with Gasteiger partial charge in [0.05, 0.1) is 12.1 Å². The number of likely N-dealkylation sites (N-methyl/N-ethyl adjacent to an activating group) is 1. The molecule has 1 atom stereocenters. The highest BCUT2D eigenvalue weighted by molar-refractivity contribution is 5.88. The Morgan fingerprint density at radius 1 is 1.10 bits per heavy atom. The molecule has 0 radical (unpaired) electrons. The molecule has 0 saturated carbocycles. The van der Waals surface area contributed by atoms with E-state index < -0.39 is 6.04 Å². The minimum absolute atomic E-state index is 0.182. The molecule has 0 aliphatic heterocycles. The molecular formula is C24H34N4O3. The van der Waals surface area contributed by atoms with Crippen molar-refractivity contribution in [3.05, 3.63) is 42.1 Å². The highest BCUT2D eigenvalue weighted by Gasteiger charge is 2.20. The first-order valence-electron chi connectivity index (χ1n) is 11.0. The molecule has 0 aliphatic carbocycles. The second-order valence-electron chi connectivity index (χ2n) is 8.10. The molecule has 7 nitrogen and oxygen atoms in total. The van der Waals surface area contributed by atoms with Gasteiger partial charge in [0, 0.05) is 31.0 Å². The minimum atomic E-state index is -0.595. The highest BCUT2D eigenvalue weighted by atomic mass is 16.2. The van der Waals surface area contributed by atoms with Crippen molar-refractivity contribution >= 4 is 28.5 Å². The fraction of sp³-hybridized carbons (Fsp3) is 0.500. The van der Waals surface area contributed by atoms with E-state index in [-0.39, 0.29) is 24.1 Å². The molecule has 2 amide bonds. The number of benzene rings is 1. The van der Waals surface area contributed by atoms with E-state index in [4.69, 9.17) is 0 Å². The van der Waals surface area contributed by atoms with Gasteiger partial charge in [-0.25, -0.2) is 0 Å². The molecule has 1 aromatic carbocycles. The molecule has 31 heavy (non-hydrogen) atoms. The molecule has 0 spiro atoms. The predicted octanol–water partition coefficient (Wildman–Crippen LogP) is 2.83. The summed E-state index contributed by atoms with van der Waals surface area (Å²) in [6, 6.07) is 9.24. The Kier molecular flexibility index (Phi) is 10.1. The monoisotopic (exact) mass is 426 g/mol. The van der Waals surface area contributed by atoms with Gasteiger partial charge in [-0.3, -0.25) is 19.4 Å². The summed E-state index contributed by atoms with van der Waals surface area (Å²) in [5.41, 5.74) is 1.82. The SMILES string of the molecule is CCC(=O)CCCCC[C@H](NC(=O)CN(C)C)C(=O)NCc1cnc2ccccc2c1. The maximum Gasteiger partial charge on any atom is 0.242 e. The summed E-state index contributed by atoms with van der Waals surface area (Å²) in [5, 5.41) is 6.80. The third kappa shape index (κ3) is 8.84. The van der Waals surface area contributed by atoms with Crippen molar-refractivity contribution in [2.24, 2.45) is 0 Å². The zero-order valence-electron chi connectivity index (χ0n) is 18.8. The summed E-state index contributed by atoms with van der Waals surface area (Å²) in [6.45, 7) is 2.44. The molecule has 168 valence electrons. The Balaban J connectivity index is 1.91. The molecule has 0 unspecified atom stereocenters. The lowest BCUT2D eigenvalue weighted by Gasteiger charge is -2.20. The lowest BCUT2D eigenvalue weighted by molar-refractivity contribution is -0.129. The second kappa shape index (κ2) is 12.8. The van der Waals surface area contributed by atoms with Gasteiger partial charge in [0.1, 0.15) is 11.8 Å². The molecule has 2 rings (SSSR count). The number of carbonyl (C=O) groups excluding carboxylic acids is 3. The molecular weight excluding hydrogens is 392 g/mol. The average molecular weight is 427 g/mol. The highest BCUT2D eigenvalue weighted by Crippen LogP contribution is 2.13. The molecule has 0 aliphatic rings. The van der Waals surface area contributed by atoms with Crippen LogP contribution in [0, 0.1) is 0 Å². The van der Waals surface area contributed by atoms with Crippen molar-refractivity contribution in [3.63, 3.8) is 0 Å². The number of nitrogens with one attached hydrogen (secondary N) is 2. The largest absolute Gasteiger partial charge is 0.350 e. The van der Waals surface area contributed by atoms with Crippen LogP contribution in [0.5, 0.6) is 0 Å². The third-order valence-corrected chi connectivity index (χ3v) is 5.07. The van der Waals surface area contributed by atoms with E-state index in [0.717, 1.165) is 35.7 Å². The summed E-state index contributed by atoms with van der Waals surface area (Å²) in [4.78, 5) is 42.6. The quantitative estimate of drug-likeness (QED) is 0.481. The molecule has 1 aromatic heterocycles. The Morgan fingerprint density at radius 2 is 1.87 bits per heavy atom. The van der Waals surface area contributed by atoms with Crippen LogP contribution < -0.4 is 10.6 Å². The number of nitrogens with zero attached hydrogens (tertiary/aromatic N) is 2. The van der Waals surface area contributed by atoms with Crippen molar-refractivity contribution in [2.45, 2.75) is 58.0 Å². The molecule has 0 bridgehead atoms. The maximum atomic E-state index is 12.8. The van der Waals surface area contributed by atoms with Crippen molar-refractivity contribution in [1.29, 1.82) is 0 Å². The Hall–Kier alpha value is -2.80. The number of hydrogen-bond donors (Lipinski definition) is 2. The first-order chi connectivity index (χ1) is 14.9. The van der Waals surface area contributed by atoms with Gasteiger partial charge in [-0.2, -0.15) is 0 Å². The summed E-state index contributed by atoms with van der Waals surface area (Å²) in [5.74, 6) is -0.124. The maximum absolute atomic E-state index is 12.8. The van der Waals surface area contributed by atoms with Crippen LogP contribution in [-0.4, -0.2) is 54.2 Å². The topological polar surface area (TPSA) is 91.4 Å². The number of amides is 2. The van der Waals surface area contributed by atoms with Crippen LogP contribution in [0.4, 0.5) is 0 Å². The Labute approximate surface area is 184 Å². The van der Waals surface area contributed by atoms with E-state index in [2.05, 4.69) is 15.6 Å². The first kappa shape index (κ1) is 24.5. The van der Waals surface area contributed by atoms with Gasteiger partial charge < -0.3 is 15.5 Å². The minimum Gasteiger partial charge on any atom is -0.350 e. The van der Waals surface area contributed by atoms with Gasteiger partial charge in [-0.1, -0.05) is 38.0 Å². The van der Waals surface area contributed by atoms with Crippen LogP contribution in [0.25, 0.3) is 10.9 Å². The molecule has 2 aromatic rings. The van der Waals surface area contributed by atoms with Gasteiger partial charge >= 0.3 is 0 Å². The lowest BCUT2D eigenvalue weighted by atomic mass is 10.0. The zero-order valence-corrected chi connectivity index (χ0v) is 18.8. The van der Waals surface area contributed by atoms with Crippen molar-refractivity contribution in [2.75, 3.05) is 20.6 Å². The number of para-hydroxylation sites is 1. The van der Waals surface area contributed by atoms with Gasteiger partial charge in [-0.15, -0.1) is 0 Å². The first-order valence-corrected chi connectivity index (χ1v) is 11.0. The molecule has 1 heterocycles. The number of aromatic nitrogens is 1. The van der Waals surface area contributed by atoms with Gasteiger partial charge in [0.25, 0.3) is 0 Å². The molecule has 7 heteroatoms. The van der Waals surface area contributed by atoms with E-state index in [1.165, 1.54) is 0 Å². The van der Waals surface area contributed by atoms with E-state index in [1.54, 1.807) is 11.1 Å². The molecule has 0 fully saturated rings. The number of carbonyl (C=O) groups is 3. The summed E-state index contributed by atoms with van der Waals surface area (Å²) < 4.78 is 0. The van der Waals surface area contributed by atoms with Gasteiger partial charge in [0.2, 0.25) is 11.8 Å². The van der Waals surface area contributed by atoms with E-state index in [0.29, 0.717) is 25.8 Å². The number of pyridine rings is 1. The third-order valence-electron chi connectivity index (χ3n) is 5.07. The predicted molar refractivity (Wildman–Crippen MR) is 122 cm³/mol. The normalized spacial score (nSPS) is 12.0. The summed E-state index contributed by atoms with van der Waals surface area (Å²) >= 11 is 0. The van der Waals surface area contributed by atoms with Gasteiger partial charge in [-0.05, 0) is 44.6 Å². The number of hydrogen-bond acceptors (Lipinski definition) is 5. The standard InChI is InChI=1S/C24H34N4O3/c1-4-20(29)11-6-5-7-13-22(27-23(30)17-28(2)3)24(31)26-16-18-14-19-10-8-9-12-21(19)25-15-18/h8-10,12,14-15,22H,4-7,11,13,16-17H2,1-3H3,(H,26,31)(H,27,30)/t22-/m0/s1. The zero-order chi connectivity index (χ0) is 22.6. The average Bonchev–Trinajstić information content (AvgIpc) is 2.75. The van der Waals surface area contributed by atoms with Crippen LogP contribution in [0.1, 0.15) is 51.0 Å². The van der Waals surface area contributed by atoms with Crippen LogP contribution in [0.15, 0.2) is 36.5 Å². The fourth-order valence-corrected chi connectivity index (χ4v) is 3.35. The molecule has 2 N–H and O–H groups in total. The Bertz CT molecular complexity index is 882. The fourth-order valence-electron chi connectivity index (χ4n) is 3.35. The Morgan fingerprint density at radius 3 is 2.61 bits per heavy atom. The van der Waals surface area contributed by atoms with E-state index in [9.17, 15) is 14.4 Å². The molecule has 0 saturated heterocycles. The summed E-state index contributed by atoms with van der Waals surface area (Å²) in [7, 11) is 3.62. The van der Waals surface area contributed by atoms with Crippen molar-refractivity contribution in [1.82, 2.24) is 20.5 Å².